The van der Waals surface area contributed by atoms with Crippen molar-refractivity contribution in [1.29, 1.82) is 0 Å². The Bertz CT molecular complexity index is 636. The molecule has 0 bridgehead atoms. The van der Waals surface area contributed by atoms with Crippen LogP contribution in [-0.4, -0.2) is 52.5 Å². The highest BCUT2D eigenvalue weighted by atomic mass is 32.2. The third kappa shape index (κ3) is 3.61. The predicted octanol–water partition coefficient (Wildman–Crippen LogP) is 0.739. The van der Waals surface area contributed by atoms with Gasteiger partial charge in [0.05, 0.1) is 18.3 Å². The van der Waals surface area contributed by atoms with E-state index < -0.39 is 9.84 Å². The summed E-state index contributed by atoms with van der Waals surface area (Å²) in [4.78, 5) is 13.8. The second-order valence-electron chi connectivity index (χ2n) is 6.00. The molecule has 1 atom stereocenters. The van der Waals surface area contributed by atoms with Crippen LogP contribution in [0, 0.1) is 0 Å². The Morgan fingerprint density at radius 1 is 1.38 bits per heavy atom. The van der Waals surface area contributed by atoms with Gasteiger partial charge in [-0.2, -0.15) is 0 Å². The molecule has 0 saturated heterocycles. The molecule has 7 nitrogen and oxygen atoms in total. The maximum Gasteiger partial charge on any atom is 0.224 e. The molecule has 0 saturated carbocycles. The highest BCUT2D eigenvalue weighted by Crippen LogP contribution is 2.25. The minimum atomic E-state index is -3.12. The van der Waals surface area contributed by atoms with Crippen molar-refractivity contribution < 1.29 is 13.2 Å². The van der Waals surface area contributed by atoms with Gasteiger partial charge in [0.1, 0.15) is 15.7 Å². The largest absolute Gasteiger partial charge is 0.333 e. The lowest BCUT2D eigenvalue weighted by molar-refractivity contribution is -0.132. The molecule has 1 aliphatic rings. The molecule has 0 aromatic carbocycles. The van der Waals surface area contributed by atoms with Gasteiger partial charge in [0.15, 0.2) is 5.82 Å². The van der Waals surface area contributed by atoms with Crippen molar-refractivity contribution in [1.82, 2.24) is 19.7 Å². The number of hydrogen-bond acceptors (Lipinski definition) is 5. The number of hydrogen-bond donors (Lipinski definition) is 0. The SMILES string of the molecule is CC(C)c1nnc2n1[C@@H](C)CN(C(=O)CCS(C)(=O)=O)C2. The molecule has 0 aliphatic carbocycles. The van der Waals surface area contributed by atoms with Gasteiger partial charge in [-0.1, -0.05) is 13.8 Å². The van der Waals surface area contributed by atoms with E-state index in [-0.39, 0.29) is 30.0 Å². The second-order valence-corrected chi connectivity index (χ2v) is 8.26. The molecule has 1 amide bonds. The number of fused-ring (bicyclic) bond motifs is 1. The van der Waals surface area contributed by atoms with Gasteiger partial charge in [-0.05, 0) is 6.92 Å². The first-order valence-electron chi connectivity index (χ1n) is 7.08. The molecule has 0 N–H and O–H groups in total. The fourth-order valence-corrected chi connectivity index (χ4v) is 3.12. The average molecular weight is 314 g/mol. The molecule has 2 rings (SSSR count). The average Bonchev–Trinajstić information content (AvgIpc) is 2.79. The molecule has 1 aliphatic heterocycles. The molecule has 118 valence electrons. The van der Waals surface area contributed by atoms with E-state index in [0.717, 1.165) is 17.9 Å². The van der Waals surface area contributed by atoms with Crippen molar-refractivity contribution in [2.75, 3.05) is 18.6 Å². The van der Waals surface area contributed by atoms with Gasteiger partial charge < -0.3 is 9.47 Å². The molecule has 1 aromatic rings. The second kappa shape index (κ2) is 5.75. The zero-order valence-corrected chi connectivity index (χ0v) is 13.7. The van der Waals surface area contributed by atoms with Crippen LogP contribution in [0.3, 0.4) is 0 Å². The maximum absolute atomic E-state index is 12.1. The van der Waals surface area contributed by atoms with Crippen molar-refractivity contribution in [3.8, 4) is 0 Å². The van der Waals surface area contributed by atoms with Gasteiger partial charge in [-0.3, -0.25) is 4.79 Å². The van der Waals surface area contributed by atoms with Crippen molar-refractivity contribution in [3.63, 3.8) is 0 Å². The summed E-state index contributed by atoms with van der Waals surface area (Å²) in [5.74, 6) is 1.72. The highest BCUT2D eigenvalue weighted by Gasteiger charge is 2.29. The lowest BCUT2D eigenvalue weighted by Crippen LogP contribution is -2.41. The topological polar surface area (TPSA) is 85.2 Å². The summed E-state index contributed by atoms with van der Waals surface area (Å²) in [6, 6.07) is 0.100. The van der Waals surface area contributed by atoms with E-state index in [2.05, 4.69) is 28.6 Å². The van der Waals surface area contributed by atoms with Crippen LogP contribution in [0.4, 0.5) is 0 Å². The van der Waals surface area contributed by atoms with Gasteiger partial charge in [0.25, 0.3) is 0 Å². The first kappa shape index (κ1) is 15.9. The Kier molecular flexibility index (Phi) is 4.36. The van der Waals surface area contributed by atoms with E-state index in [1.807, 2.05) is 6.92 Å². The van der Waals surface area contributed by atoms with Gasteiger partial charge in [-0.15, -0.1) is 10.2 Å². The number of carbonyl (C=O) groups is 1. The molecule has 0 spiro atoms. The summed E-state index contributed by atoms with van der Waals surface area (Å²) < 4.78 is 24.4. The van der Waals surface area contributed by atoms with Gasteiger partial charge in [0, 0.05) is 25.1 Å². The van der Waals surface area contributed by atoms with Gasteiger partial charge in [-0.25, -0.2) is 8.42 Å². The Hall–Kier alpha value is -1.44. The molecule has 2 heterocycles. The lowest BCUT2D eigenvalue weighted by atomic mass is 10.1. The first-order valence-corrected chi connectivity index (χ1v) is 9.14. The van der Waals surface area contributed by atoms with E-state index in [0.29, 0.717) is 13.1 Å². The van der Waals surface area contributed by atoms with E-state index in [9.17, 15) is 13.2 Å². The molecule has 21 heavy (non-hydrogen) atoms. The van der Waals surface area contributed by atoms with Crippen LogP contribution in [0.15, 0.2) is 0 Å². The van der Waals surface area contributed by atoms with Crippen LogP contribution >= 0.6 is 0 Å². The van der Waals surface area contributed by atoms with E-state index >= 15 is 0 Å². The van der Waals surface area contributed by atoms with Crippen LogP contribution in [0.25, 0.3) is 0 Å². The minimum absolute atomic E-state index is 0.0245. The molecule has 8 heteroatoms. The number of nitrogens with zero attached hydrogens (tertiary/aromatic N) is 4. The van der Waals surface area contributed by atoms with Crippen LogP contribution in [-0.2, 0) is 21.2 Å². The Labute approximate surface area is 125 Å². The van der Waals surface area contributed by atoms with Crippen molar-refractivity contribution >= 4 is 15.7 Å². The summed E-state index contributed by atoms with van der Waals surface area (Å²) in [5.41, 5.74) is 0. The van der Waals surface area contributed by atoms with Crippen LogP contribution in [0.2, 0.25) is 0 Å². The van der Waals surface area contributed by atoms with Crippen molar-refractivity contribution in [2.24, 2.45) is 0 Å². The molecule has 1 aromatic heterocycles. The molecular formula is C13H22N4O3S. The number of aromatic nitrogens is 3. The van der Waals surface area contributed by atoms with Crippen molar-refractivity contribution in [2.45, 2.75) is 45.7 Å². The van der Waals surface area contributed by atoms with Crippen LogP contribution in [0.1, 0.15) is 50.8 Å². The summed E-state index contributed by atoms with van der Waals surface area (Å²) in [5, 5.41) is 8.38. The monoisotopic (exact) mass is 314 g/mol. The molecule has 0 unspecified atom stereocenters. The highest BCUT2D eigenvalue weighted by molar-refractivity contribution is 7.90. The number of carbonyl (C=O) groups excluding carboxylic acids is 1. The molecule has 0 fully saturated rings. The minimum Gasteiger partial charge on any atom is -0.333 e. The summed E-state index contributed by atoms with van der Waals surface area (Å²) in [7, 11) is -3.12. The van der Waals surface area contributed by atoms with E-state index in [4.69, 9.17) is 0 Å². The maximum atomic E-state index is 12.1. The van der Waals surface area contributed by atoms with Gasteiger partial charge >= 0.3 is 0 Å². The van der Waals surface area contributed by atoms with Gasteiger partial charge in [0.2, 0.25) is 5.91 Å². The third-order valence-corrected chi connectivity index (χ3v) is 4.55. The van der Waals surface area contributed by atoms with Crippen molar-refractivity contribution in [3.05, 3.63) is 11.6 Å². The zero-order chi connectivity index (χ0) is 15.8. The Morgan fingerprint density at radius 2 is 2.05 bits per heavy atom. The lowest BCUT2D eigenvalue weighted by Gasteiger charge is -2.33. The molecular weight excluding hydrogens is 292 g/mol. The fraction of sp³-hybridized carbons (Fsp3) is 0.769. The van der Waals surface area contributed by atoms with Crippen LogP contribution in [0.5, 0.6) is 0 Å². The summed E-state index contributed by atoms with van der Waals surface area (Å²) >= 11 is 0. The number of amides is 1. The van der Waals surface area contributed by atoms with E-state index in [1.54, 1.807) is 4.90 Å². The molecule has 0 radical (unpaired) electrons. The first-order chi connectivity index (χ1) is 9.69. The Morgan fingerprint density at radius 3 is 2.62 bits per heavy atom. The summed E-state index contributed by atoms with van der Waals surface area (Å²) in [6.45, 7) is 7.11. The van der Waals surface area contributed by atoms with E-state index in [1.165, 1.54) is 0 Å². The number of rotatable bonds is 4. The zero-order valence-electron chi connectivity index (χ0n) is 12.9. The normalized spacial score (nSPS) is 18.9. The standard InChI is InChI=1S/C13H22N4O3S/c1-9(2)13-15-14-11-8-16(7-10(3)17(11)13)12(18)5-6-21(4,19)20/h9-10H,5-8H2,1-4H3/t10-/m0/s1. The van der Waals surface area contributed by atoms with Crippen LogP contribution < -0.4 is 0 Å². The number of sulfone groups is 1. The summed E-state index contributed by atoms with van der Waals surface area (Å²) in [6.07, 6.45) is 1.17. The quantitative estimate of drug-likeness (QED) is 0.818. The smallest absolute Gasteiger partial charge is 0.224 e. The fourth-order valence-electron chi connectivity index (χ4n) is 2.58. The Balaban J connectivity index is 2.12. The third-order valence-electron chi connectivity index (χ3n) is 3.61. The predicted molar refractivity (Wildman–Crippen MR) is 78.6 cm³/mol.